The molecule has 0 aliphatic heterocycles. The van der Waals surface area contributed by atoms with E-state index in [4.69, 9.17) is 54.8 Å². The van der Waals surface area contributed by atoms with Crippen LogP contribution >= 0.6 is 30.4 Å². The fourth-order valence-corrected chi connectivity index (χ4v) is 9.49. The molecule has 0 fully saturated rings. The third-order valence-corrected chi connectivity index (χ3v) is 9.66. The Bertz CT molecular complexity index is 801. The SMILES string of the molecule is CC(C)OP(C)(=O)OC(C)C.CC(C)OP(C)(=O)OC(C)C.CC(C)OP(C)(=O)OC(C)C.CC(C)OP(C)(=O)OC(C)C.[Ni+2].[O-][Cl+3]([O-])([O-])O. The Kier molecular flexibility index (Phi) is 38.5. The molecular weight excluding hydrogens is 810 g/mol. The van der Waals surface area contributed by atoms with Gasteiger partial charge in [-0.1, -0.05) is 0 Å². The summed E-state index contributed by atoms with van der Waals surface area (Å²) in [5.41, 5.74) is 0. The summed E-state index contributed by atoms with van der Waals surface area (Å²) in [6.45, 7) is 35.3. The van der Waals surface area contributed by atoms with Crippen molar-refractivity contribution in [3.05, 3.63) is 0 Å². The van der Waals surface area contributed by atoms with Gasteiger partial charge >= 0.3 is 46.9 Å². The van der Waals surface area contributed by atoms with Crippen LogP contribution in [0.15, 0.2) is 0 Å². The zero-order valence-corrected chi connectivity index (χ0v) is 39.0. The van der Waals surface area contributed by atoms with E-state index in [0.29, 0.717) is 0 Å². The summed E-state index contributed by atoms with van der Waals surface area (Å²) in [5, 5.41) is 0. The molecule has 0 heterocycles. The third kappa shape index (κ3) is 67.4. The van der Waals surface area contributed by atoms with Gasteiger partial charge in [0.1, 0.15) is 0 Å². The van der Waals surface area contributed by atoms with Crippen molar-refractivity contribution in [1.82, 2.24) is 0 Å². The fourth-order valence-electron chi connectivity index (χ4n) is 3.16. The van der Waals surface area contributed by atoms with Crippen molar-refractivity contribution in [3.8, 4) is 0 Å². The predicted molar refractivity (Wildman–Crippen MR) is 186 cm³/mol. The number of halogens is 1. The first kappa shape index (κ1) is 63.2. The van der Waals surface area contributed by atoms with Gasteiger partial charge in [0, 0.05) is 26.7 Å². The van der Waals surface area contributed by atoms with E-state index in [1.165, 1.54) is 26.7 Å². The Morgan fingerprint density at radius 2 is 0.420 bits per heavy atom. The summed E-state index contributed by atoms with van der Waals surface area (Å²) in [4.78, 5) is 0. The Morgan fingerprint density at radius 1 is 0.360 bits per heavy atom. The normalized spacial score (nSPS) is 12.6. The summed E-state index contributed by atoms with van der Waals surface area (Å²) in [5.74, 6) is 0. The number of rotatable bonds is 16. The second kappa shape index (κ2) is 30.4. The van der Waals surface area contributed by atoms with E-state index >= 15 is 0 Å². The van der Waals surface area contributed by atoms with Crippen LogP contribution < -0.4 is 14.0 Å². The summed E-state index contributed by atoms with van der Waals surface area (Å²) < 4.78 is 119. The minimum Gasteiger partial charge on any atom is -0.306 e. The molecule has 0 radical (unpaired) electrons. The molecule has 50 heavy (non-hydrogen) atoms. The second-order valence-electron chi connectivity index (χ2n) is 12.7. The van der Waals surface area contributed by atoms with Gasteiger partial charge in [0.25, 0.3) is 0 Å². The molecule has 22 heteroatoms. The first-order valence-corrected chi connectivity index (χ1v) is 25.0. The molecule has 0 saturated heterocycles. The van der Waals surface area contributed by atoms with Crippen molar-refractivity contribution in [2.75, 3.05) is 26.7 Å². The van der Waals surface area contributed by atoms with Crippen molar-refractivity contribution in [2.24, 2.45) is 0 Å². The van der Waals surface area contributed by atoms with Crippen LogP contribution in [0.4, 0.5) is 0 Å². The topological polar surface area (TPSA) is 232 Å². The Labute approximate surface area is 315 Å². The molecule has 0 amide bonds. The molecule has 312 valence electrons. The predicted octanol–water partition coefficient (Wildman–Crippen LogP) is 6.51. The van der Waals surface area contributed by atoms with Gasteiger partial charge in [-0.15, -0.1) is 0 Å². The maximum atomic E-state index is 11.4. The zero-order valence-electron chi connectivity index (χ0n) is 33.7. The molecule has 1 N–H and O–H groups in total. The van der Waals surface area contributed by atoms with Crippen molar-refractivity contribution in [1.29, 1.82) is 0 Å². The van der Waals surface area contributed by atoms with Crippen LogP contribution in [0, 0.1) is 10.2 Å². The molecule has 0 aliphatic carbocycles. The van der Waals surface area contributed by atoms with Gasteiger partial charge in [0.05, 0.1) is 63.7 Å². The quantitative estimate of drug-likeness (QED) is 0.129. The molecule has 0 saturated carbocycles. The molecule has 0 unspecified atom stereocenters. The number of hydrogen-bond acceptors (Lipinski definition) is 16. The minimum absolute atomic E-state index is 0. The molecular formula is C28H69ClNiO16P4+2. The van der Waals surface area contributed by atoms with Gasteiger partial charge < -0.3 is 36.2 Å². The molecule has 0 aliphatic rings. The Balaban J connectivity index is -0.000000123. The zero-order chi connectivity index (χ0) is 40.8. The number of hydrogen-bond donors (Lipinski definition) is 1. The molecule has 0 aromatic carbocycles. The maximum Gasteiger partial charge on any atom is 2.00 e. The third-order valence-electron chi connectivity index (χ3n) is 3.22. The van der Waals surface area contributed by atoms with Crippen LogP contribution in [0.25, 0.3) is 0 Å². The first-order chi connectivity index (χ1) is 21.3. The van der Waals surface area contributed by atoms with Crippen LogP contribution in [0.2, 0.25) is 0 Å². The van der Waals surface area contributed by atoms with Gasteiger partial charge in [0.15, 0.2) is 0 Å². The van der Waals surface area contributed by atoms with E-state index in [1.807, 2.05) is 111 Å². The fraction of sp³-hybridized carbons (Fsp3) is 1.00. The average molecular weight is 880 g/mol. The standard InChI is InChI=1S/4C7H17O3P.ClHO4.Ni/c4*1-6(2)9-11(5,8)10-7(3)4;2-1(3,4)5;/h4*6-7H,1-5H3;(H,2,3,4,5);/q;;;;;+2. The van der Waals surface area contributed by atoms with Crippen LogP contribution in [0.3, 0.4) is 0 Å². The van der Waals surface area contributed by atoms with Gasteiger partial charge in [-0.05, 0) is 111 Å². The van der Waals surface area contributed by atoms with Crippen molar-refractivity contribution in [3.63, 3.8) is 0 Å². The monoisotopic (exact) mass is 878 g/mol. The van der Waals surface area contributed by atoms with Crippen LogP contribution in [-0.2, 0) is 70.9 Å². The van der Waals surface area contributed by atoms with Crippen molar-refractivity contribution < 1.29 is 99.8 Å². The smallest absolute Gasteiger partial charge is 0.306 e. The molecule has 16 nitrogen and oxygen atoms in total. The molecule has 0 spiro atoms. The van der Waals surface area contributed by atoms with Crippen LogP contribution in [0.1, 0.15) is 111 Å². The molecule has 0 rings (SSSR count). The van der Waals surface area contributed by atoms with E-state index in [9.17, 15) is 18.3 Å². The first-order valence-electron chi connectivity index (χ1n) is 15.7. The van der Waals surface area contributed by atoms with Gasteiger partial charge in [0.2, 0.25) is 0 Å². The molecule has 0 aromatic heterocycles. The molecule has 0 aromatic rings. The molecule has 0 bridgehead atoms. The Hall–Kier alpha value is 1.22. The van der Waals surface area contributed by atoms with E-state index in [-0.39, 0.29) is 65.3 Å². The minimum atomic E-state index is -4.69. The van der Waals surface area contributed by atoms with Gasteiger partial charge in [-0.25, -0.2) is 0 Å². The van der Waals surface area contributed by atoms with Crippen molar-refractivity contribution >= 4 is 30.4 Å². The van der Waals surface area contributed by atoms with Gasteiger partial charge in [-0.2, -0.15) is 14.0 Å². The largest absolute Gasteiger partial charge is 2.00 e. The average Bonchev–Trinajstić information content (AvgIpc) is 2.65. The van der Waals surface area contributed by atoms with E-state index in [2.05, 4.69) is 0 Å². The molecule has 0 atom stereocenters. The van der Waals surface area contributed by atoms with E-state index < -0.39 is 40.6 Å². The van der Waals surface area contributed by atoms with Crippen LogP contribution in [0.5, 0.6) is 0 Å². The maximum absolute atomic E-state index is 11.4. The van der Waals surface area contributed by atoms with Gasteiger partial charge in [-0.3, -0.25) is 18.3 Å². The Morgan fingerprint density at radius 3 is 0.460 bits per heavy atom. The van der Waals surface area contributed by atoms with Crippen LogP contribution in [-0.4, -0.2) is 80.2 Å². The second-order valence-corrected chi connectivity index (χ2v) is 21.4. The summed E-state index contributed by atoms with van der Waals surface area (Å²) in [6.07, 6.45) is -0.410. The summed E-state index contributed by atoms with van der Waals surface area (Å²) in [6, 6.07) is 0. The van der Waals surface area contributed by atoms with E-state index in [1.54, 1.807) is 0 Å². The summed E-state index contributed by atoms with van der Waals surface area (Å²) >= 11 is 0. The van der Waals surface area contributed by atoms with Crippen molar-refractivity contribution in [2.45, 2.75) is 160 Å². The summed E-state index contributed by atoms with van der Waals surface area (Å²) in [7, 11) is -15.9. The van der Waals surface area contributed by atoms with E-state index in [0.717, 1.165) is 0 Å².